The maximum atomic E-state index is 5.70. The van der Waals surface area contributed by atoms with Crippen LogP contribution in [0, 0.1) is 0 Å². The molecule has 1 rings (SSSR count). The molecule has 1 aromatic rings. The fraction of sp³-hybridized carbons (Fsp3) is 0.417. The number of hydrogen-bond acceptors (Lipinski definition) is 2. The average Bonchev–Trinajstić information content (AvgIpc) is 2.18. The molecule has 0 aliphatic rings. The van der Waals surface area contributed by atoms with Crippen molar-refractivity contribution in [3.8, 4) is 5.75 Å². The fourth-order valence-electron chi connectivity index (χ4n) is 1.14. The Morgan fingerprint density at radius 1 is 1.33 bits per heavy atom. The van der Waals surface area contributed by atoms with E-state index in [1.807, 2.05) is 38.1 Å². The molecule has 0 saturated carbocycles. The first-order chi connectivity index (χ1) is 6.95. The lowest BCUT2D eigenvalue weighted by Gasteiger charge is -2.25. The van der Waals surface area contributed by atoms with Crippen molar-refractivity contribution in [2.24, 2.45) is 5.73 Å². The summed E-state index contributed by atoms with van der Waals surface area (Å²) >= 11 is 4.93. The Labute approximate surface area is 96.4 Å². The van der Waals surface area contributed by atoms with Gasteiger partial charge in [0.25, 0.3) is 0 Å². The minimum atomic E-state index is -0.594. The van der Waals surface area contributed by atoms with Gasteiger partial charge < -0.3 is 10.5 Å². The summed E-state index contributed by atoms with van der Waals surface area (Å²) in [7, 11) is 0. The molecule has 0 aliphatic heterocycles. The van der Waals surface area contributed by atoms with Crippen LogP contribution in [0.3, 0.4) is 0 Å². The zero-order chi connectivity index (χ0) is 11.5. The van der Waals surface area contributed by atoms with E-state index in [-0.39, 0.29) is 0 Å². The van der Waals surface area contributed by atoms with Crippen LogP contribution in [0.2, 0.25) is 0 Å². The second kappa shape index (κ2) is 4.62. The van der Waals surface area contributed by atoms with Crippen LogP contribution < -0.4 is 10.5 Å². The highest BCUT2D eigenvalue weighted by Crippen LogP contribution is 2.19. The molecule has 0 amide bonds. The summed E-state index contributed by atoms with van der Waals surface area (Å²) < 4.78 is 5.70. The highest BCUT2D eigenvalue weighted by molar-refractivity contribution is 7.80. The first-order valence-electron chi connectivity index (χ1n) is 5.03. The summed E-state index contributed by atoms with van der Waals surface area (Å²) in [5.41, 5.74) is 6.27. The van der Waals surface area contributed by atoms with Crippen LogP contribution in [-0.4, -0.2) is 10.6 Å². The predicted octanol–water partition coefficient (Wildman–Crippen LogP) is 2.69. The summed E-state index contributed by atoms with van der Waals surface area (Å²) in [5, 5.41) is 0. The molecular weight excluding hydrogens is 206 g/mol. The summed E-state index contributed by atoms with van der Waals surface area (Å²) in [6, 6.07) is 7.98. The van der Waals surface area contributed by atoms with Gasteiger partial charge in [-0.25, -0.2) is 0 Å². The number of thiocarbonyl (C=S) groups is 1. The Kier molecular flexibility index (Phi) is 3.69. The van der Waals surface area contributed by atoms with Gasteiger partial charge in [-0.2, -0.15) is 0 Å². The number of ether oxygens (including phenoxy) is 1. The monoisotopic (exact) mass is 223 g/mol. The van der Waals surface area contributed by atoms with Crippen LogP contribution in [0.25, 0.3) is 0 Å². The molecule has 0 radical (unpaired) electrons. The van der Waals surface area contributed by atoms with Crippen molar-refractivity contribution in [1.82, 2.24) is 0 Å². The van der Waals surface area contributed by atoms with Crippen LogP contribution in [-0.2, 0) is 6.42 Å². The standard InChI is InChI=1S/C12H17NOS/c1-4-9-5-7-10(8-6-9)14-12(2,3)11(13)15/h5-8H,4H2,1-3H3,(H2,13,15). The number of hydrogen-bond donors (Lipinski definition) is 1. The van der Waals surface area contributed by atoms with E-state index in [1.165, 1.54) is 5.56 Å². The maximum absolute atomic E-state index is 5.70. The van der Waals surface area contributed by atoms with E-state index in [9.17, 15) is 0 Å². The molecule has 0 bridgehead atoms. The van der Waals surface area contributed by atoms with E-state index in [2.05, 4.69) is 6.92 Å². The summed E-state index contributed by atoms with van der Waals surface area (Å²) in [6.07, 6.45) is 1.03. The van der Waals surface area contributed by atoms with Gasteiger partial charge >= 0.3 is 0 Å². The number of nitrogens with two attached hydrogens (primary N) is 1. The molecule has 2 N–H and O–H groups in total. The van der Waals surface area contributed by atoms with Crippen molar-refractivity contribution >= 4 is 17.2 Å². The smallest absolute Gasteiger partial charge is 0.153 e. The van der Waals surface area contributed by atoms with Gasteiger partial charge in [-0.1, -0.05) is 31.3 Å². The second-order valence-corrected chi connectivity index (χ2v) is 4.41. The van der Waals surface area contributed by atoms with Crippen LogP contribution >= 0.6 is 12.2 Å². The lowest BCUT2D eigenvalue weighted by Crippen LogP contribution is -2.41. The van der Waals surface area contributed by atoms with Gasteiger partial charge in [0.1, 0.15) is 10.7 Å². The summed E-state index contributed by atoms with van der Waals surface area (Å²) in [6.45, 7) is 5.85. The Bertz CT molecular complexity index is 343. The quantitative estimate of drug-likeness (QED) is 0.797. The molecule has 0 spiro atoms. The van der Waals surface area contributed by atoms with Crippen LogP contribution in [0.1, 0.15) is 26.3 Å². The van der Waals surface area contributed by atoms with Gasteiger partial charge in [0.15, 0.2) is 5.60 Å². The van der Waals surface area contributed by atoms with Crippen molar-refractivity contribution in [1.29, 1.82) is 0 Å². The SMILES string of the molecule is CCc1ccc(OC(C)(C)C(N)=S)cc1. The lowest BCUT2D eigenvalue weighted by atomic mass is 10.1. The normalized spacial score (nSPS) is 11.1. The largest absolute Gasteiger partial charge is 0.481 e. The van der Waals surface area contributed by atoms with Crippen molar-refractivity contribution < 1.29 is 4.74 Å². The molecule has 15 heavy (non-hydrogen) atoms. The van der Waals surface area contributed by atoms with Gasteiger partial charge in [-0.15, -0.1) is 0 Å². The van der Waals surface area contributed by atoms with Crippen molar-refractivity contribution in [3.63, 3.8) is 0 Å². The highest BCUT2D eigenvalue weighted by Gasteiger charge is 2.23. The van der Waals surface area contributed by atoms with Gasteiger partial charge in [-0.3, -0.25) is 0 Å². The van der Waals surface area contributed by atoms with Gasteiger partial charge in [-0.05, 0) is 38.0 Å². The Hall–Kier alpha value is -1.09. The van der Waals surface area contributed by atoms with E-state index in [0.29, 0.717) is 4.99 Å². The summed E-state index contributed by atoms with van der Waals surface area (Å²) in [5.74, 6) is 0.796. The summed E-state index contributed by atoms with van der Waals surface area (Å²) in [4.78, 5) is 0.363. The van der Waals surface area contributed by atoms with Crippen molar-refractivity contribution in [3.05, 3.63) is 29.8 Å². The molecule has 2 nitrogen and oxygen atoms in total. The zero-order valence-corrected chi connectivity index (χ0v) is 10.2. The van der Waals surface area contributed by atoms with Crippen molar-refractivity contribution in [2.75, 3.05) is 0 Å². The maximum Gasteiger partial charge on any atom is 0.153 e. The Balaban J connectivity index is 2.77. The minimum Gasteiger partial charge on any atom is -0.481 e. The van der Waals surface area contributed by atoms with E-state index in [4.69, 9.17) is 22.7 Å². The molecule has 1 aromatic carbocycles. The zero-order valence-electron chi connectivity index (χ0n) is 9.41. The molecule has 0 saturated heterocycles. The molecule has 0 atom stereocenters. The molecule has 0 aromatic heterocycles. The van der Waals surface area contributed by atoms with Gasteiger partial charge in [0.2, 0.25) is 0 Å². The van der Waals surface area contributed by atoms with E-state index in [1.54, 1.807) is 0 Å². The first-order valence-corrected chi connectivity index (χ1v) is 5.44. The first kappa shape index (κ1) is 12.0. The topological polar surface area (TPSA) is 35.2 Å². The number of aryl methyl sites for hydroxylation is 1. The molecule has 0 unspecified atom stereocenters. The Morgan fingerprint density at radius 3 is 2.27 bits per heavy atom. The molecule has 0 aliphatic carbocycles. The van der Waals surface area contributed by atoms with E-state index in [0.717, 1.165) is 12.2 Å². The molecule has 0 fully saturated rings. The highest BCUT2D eigenvalue weighted by atomic mass is 32.1. The second-order valence-electron chi connectivity index (χ2n) is 3.97. The minimum absolute atomic E-state index is 0.363. The lowest BCUT2D eigenvalue weighted by molar-refractivity contribution is 0.184. The van der Waals surface area contributed by atoms with Gasteiger partial charge in [0.05, 0.1) is 0 Å². The predicted molar refractivity (Wildman–Crippen MR) is 67.3 cm³/mol. The average molecular weight is 223 g/mol. The fourth-order valence-corrected chi connectivity index (χ4v) is 1.18. The van der Waals surface area contributed by atoms with Gasteiger partial charge in [0, 0.05) is 0 Å². The number of benzene rings is 1. The third-order valence-corrected chi connectivity index (χ3v) is 2.79. The molecule has 82 valence electrons. The molecular formula is C12H17NOS. The third kappa shape index (κ3) is 3.20. The van der Waals surface area contributed by atoms with Crippen molar-refractivity contribution in [2.45, 2.75) is 32.8 Å². The third-order valence-electron chi connectivity index (χ3n) is 2.30. The Morgan fingerprint density at radius 2 is 1.87 bits per heavy atom. The van der Waals surface area contributed by atoms with E-state index < -0.39 is 5.60 Å². The number of rotatable bonds is 4. The van der Waals surface area contributed by atoms with Crippen LogP contribution in [0.4, 0.5) is 0 Å². The molecule has 3 heteroatoms. The van der Waals surface area contributed by atoms with Crippen LogP contribution in [0.15, 0.2) is 24.3 Å². The van der Waals surface area contributed by atoms with Crippen LogP contribution in [0.5, 0.6) is 5.75 Å². The molecule has 0 heterocycles. The van der Waals surface area contributed by atoms with E-state index >= 15 is 0 Å².